The molecule has 3 aromatic rings. The zero-order chi connectivity index (χ0) is 15.0. The van der Waals surface area contributed by atoms with Crippen LogP contribution in [0.15, 0.2) is 36.4 Å². The van der Waals surface area contributed by atoms with Crippen LogP contribution >= 0.6 is 11.6 Å². The molecule has 0 fully saturated rings. The van der Waals surface area contributed by atoms with Crippen molar-refractivity contribution in [3.63, 3.8) is 0 Å². The van der Waals surface area contributed by atoms with Gasteiger partial charge in [-0.1, -0.05) is 6.07 Å². The van der Waals surface area contributed by atoms with Gasteiger partial charge in [0, 0.05) is 6.07 Å². The zero-order valence-electron chi connectivity index (χ0n) is 11.7. The number of ether oxygens (including phenoxy) is 1. The van der Waals surface area contributed by atoms with Gasteiger partial charge in [0.1, 0.15) is 17.4 Å². The van der Waals surface area contributed by atoms with Crippen LogP contribution < -0.4 is 4.74 Å². The minimum Gasteiger partial charge on any atom is -0.495 e. The summed E-state index contributed by atoms with van der Waals surface area (Å²) in [6.07, 6.45) is 0. The zero-order valence-corrected chi connectivity index (χ0v) is 12.5. The van der Waals surface area contributed by atoms with Gasteiger partial charge in [0.15, 0.2) is 0 Å². The second-order valence-corrected chi connectivity index (χ2v) is 5.07. The predicted molar refractivity (Wildman–Crippen MR) is 81.9 cm³/mol. The topological polar surface area (TPSA) is 27.1 Å². The second kappa shape index (κ2) is 5.37. The number of nitrogens with zero attached hydrogens (tertiary/aromatic N) is 2. The third-order valence-electron chi connectivity index (χ3n) is 3.38. The van der Waals surface area contributed by atoms with Crippen molar-refractivity contribution < 1.29 is 9.13 Å². The van der Waals surface area contributed by atoms with Gasteiger partial charge in [-0.3, -0.25) is 4.57 Å². The molecule has 0 radical (unpaired) electrons. The lowest BCUT2D eigenvalue weighted by molar-refractivity contribution is 0.413. The summed E-state index contributed by atoms with van der Waals surface area (Å²) in [4.78, 5) is 4.41. The van der Waals surface area contributed by atoms with E-state index in [1.165, 1.54) is 12.1 Å². The Kier molecular flexibility index (Phi) is 3.55. The van der Waals surface area contributed by atoms with Crippen LogP contribution in [-0.4, -0.2) is 16.7 Å². The number of hydrogen-bond donors (Lipinski definition) is 0. The van der Waals surface area contributed by atoms with E-state index < -0.39 is 0 Å². The van der Waals surface area contributed by atoms with Crippen molar-refractivity contribution >= 4 is 22.6 Å². The van der Waals surface area contributed by atoms with Gasteiger partial charge in [-0.05, 0) is 36.8 Å². The molecule has 0 aliphatic rings. The molecule has 0 aliphatic heterocycles. The van der Waals surface area contributed by atoms with E-state index in [1.807, 2.05) is 29.7 Å². The minimum atomic E-state index is -0.315. The molecule has 5 heteroatoms. The van der Waals surface area contributed by atoms with Crippen molar-refractivity contribution in [2.75, 3.05) is 7.11 Å². The lowest BCUT2D eigenvalue weighted by atomic mass is 10.2. The fourth-order valence-corrected chi connectivity index (χ4v) is 2.62. The van der Waals surface area contributed by atoms with Crippen LogP contribution in [-0.2, 0) is 5.88 Å². The van der Waals surface area contributed by atoms with Crippen LogP contribution in [0, 0.1) is 12.7 Å². The highest BCUT2D eigenvalue weighted by molar-refractivity contribution is 6.17. The van der Waals surface area contributed by atoms with Crippen molar-refractivity contribution in [2.24, 2.45) is 0 Å². The molecule has 0 bridgehead atoms. The third-order valence-corrected chi connectivity index (χ3v) is 3.62. The Morgan fingerprint density at radius 1 is 1.24 bits per heavy atom. The van der Waals surface area contributed by atoms with Crippen LogP contribution in [0.2, 0.25) is 0 Å². The summed E-state index contributed by atoms with van der Waals surface area (Å²) in [6, 6.07) is 10.4. The summed E-state index contributed by atoms with van der Waals surface area (Å²) >= 11 is 6.01. The maximum absolute atomic E-state index is 13.4. The molecule has 0 spiro atoms. The van der Waals surface area contributed by atoms with E-state index in [-0.39, 0.29) is 11.7 Å². The van der Waals surface area contributed by atoms with Gasteiger partial charge in [-0.15, -0.1) is 11.6 Å². The first-order valence-electron chi connectivity index (χ1n) is 6.52. The summed E-state index contributed by atoms with van der Waals surface area (Å²) in [5.41, 5.74) is 3.32. The summed E-state index contributed by atoms with van der Waals surface area (Å²) in [7, 11) is 1.62. The number of hydrogen-bond acceptors (Lipinski definition) is 2. The first-order chi connectivity index (χ1) is 10.1. The molecule has 3 nitrogen and oxygen atoms in total. The molecule has 1 heterocycles. The third kappa shape index (κ3) is 2.36. The number of methoxy groups -OCH3 is 1. The normalized spacial score (nSPS) is 11.0. The van der Waals surface area contributed by atoms with Gasteiger partial charge in [-0.2, -0.15) is 0 Å². The van der Waals surface area contributed by atoms with E-state index in [4.69, 9.17) is 16.3 Å². The Hall–Kier alpha value is -2.07. The molecule has 2 aromatic carbocycles. The molecule has 0 aliphatic carbocycles. The van der Waals surface area contributed by atoms with E-state index in [0.717, 1.165) is 22.5 Å². The molecule has 0 atom stereocenters. The van der Waals surface area contributed by atoms with Crippen molar-refractivity contribution in [1.82, 2.24) is 9.55 Å². The summed E-state index contributed by atoms with van der Waals surface area (Å²) < 4.78 is 20.7. The SMILES string of the molecule is COc1ccc(C)cc1-n1c(CCl)nc2cc(F)ccc21. The van der Waals surface area contributed by atoms with E-state index in [1.54, 1.807) is 13.2 Å². The summed E-state index contributed by atoms with van der Waals surface area (Å²) in [5, 5.41) is 0. The number of alkyl halides is 1. The van der Waals surface area contributed by atoms with Gasteiger partial charge in [-0.25, -0.2) is 9.37 Å². The Morgan fingerprint density at radius 2 is 2.05 bits per heavy atom. The monoisotopic (exact) mass is 304 g/mol. The highest BCUT2D eigenvalue weighted by Gasteiger charge is 2.15. The Balaban J connectivity index is 2.36. The number of rotatable bonds is 3. The van der Waals surface area contributed by atoms with Crippen molar-refractivity contribution in [3.05, 3.63) is 53.6 Å². The molecule has 0 saturated carbocycles. The largest absolute Gasteiger partial charge is 0.495 e. The van der Waals surface area contributed by atoms with Crippen LogP contribution in [0.5, 0.6) is 5.75 Å². The predicted octanol–water partition coefficient (Wildman–Crippen LogP) is 4.22. The molecule has 3 rings (SSSR count). The fourth-order valence-electron chi connectivity index (χ4n) is 2.44. The highest BCUT2D eigenvalue weighted by Crippen LogP contribution is 2.30. The molecule has 21 heavy (non-hydrogen) atoms. The first kappa shape index (κ1) is 13.9. The van der Waals surface area contributed by atoms with Crippen LogP contribution in [0.4, 0.5) is 4.39 Å². The average Bonchev–Trinajstić information content (AvgIpc) is 2.84. The molecule has 0 saturated heterocycles. The van der Waals surface area contributed by atoms with Gasteiger partial charge in [0.2, 0.25) is 0 Å². The molecular formula is C16H14ClFN2O. The smallest absolute Gasteiger partial charge is 0.142 e. The number of fused-ring (bicyclic) bond motifs is 1. The average molecular weight is 305 g/mol. The minimum absolute atomic E-state index is 0.230. The molecule has 0 amide bonds. The first-order valence-corrected chi connectivity index (χ1v) is 7.05. The van der Waals surface area contributed by atoms with E-state index in [0.29, 0.717) is 11.3 Å². The molecule has 108 valence electrons. The molecule has 0 N–H and O–H groups in total. The molecule has 1 aromatic heterocycles. The van der Waals surface area contributed by atoms with Crippen LogP contribution in [0.25, 0.3) is 16.7 Å². The maximum Gasteiger partial charge on any atom is 0.142 e. The number of aromatic nitrogens is 2. The van der Waals surface area contributed by atoms with Crippen LogP contribution in [0.1, 0.15) is 11.4 Å². The quantitative estimate of drug-likeness (QED) is 0.677. The number of benzene rings is 2. The van der Waals surface area contributed by atoms with E-state index in [9.17, 15) is 4.39 Å². The van der Waals surface area contributed by atoms with Crippen LogP contribution in [0.3, 0.4) is 0 Å². The van der Waals surface area contributed by atoms with Crippen molar-refractivity contribution in [1.29, 1.82) is 0 Å². The molecular weight excluding hydrogens is 291 g/mol. The lowest BCUT2D eigenvalue weighted by Gasteiger charge is -2.13. The molecule has 0 unspecified atom stereocenters. The fraction of sp³-hybridized carbons (Fsp3) is 0.188. The maximum atomic E-state index is 13.4. The Bertz CT molecular complexity index is 813. The second-order valence-electron chi connectivity index (χ2n) is 4.81. The van der Waals surface area contributed by atoms with E-state index >= 15 is 0 Å². The van der Waals surface area contributed by atoms with Gasteiger partial charge in [0.05, 0.1) is 29.7 Å². The standard InChI is InChI=1S/C16H14ClFN2O/c1-10-3-6-15(21-2)14(7-10)20-13-5-4-11(18)8-12(13)19-16(20)9-17/h3-8H,9H2,1-2H3. The Labute approximate surface area is 126 Å². The Morgan fingerprint density at radius 3 is 2.76 bits per heavy atom. The van der Waals surface area contributed by atoms with Crippen molar-refractivity contribution in [2.45, 2.75) is 12.8 Å². The lowest BCUT2D eigenvalue weighted by Crippen LogP contribution is -2.02. The number of aryl methyl sites for hydroxylation is 1. The van der Waals surface area contributed by atoms with Gasteiger partial charge >= 0.3 is 0 Å². The number of imidazole rings is 1. The number of halogens is 2. The van der Waals surface area contributed by atoms with Crippen molar-refractivity contribution in [3.8, 4) is 11.4 Å². The summed E-state index contributed by atoms with van der Waals surface area (Å²) in [6.45, 7) is 2.00. The van der Waals surface area contributed by atoms with Gasteiger partial charge < -0.3 is 4.74 Å². The van der Waals surface area contributed by atoms with Gasteiger partial charge in [0.25, 0.3) is 0 Å². The highest BCUT2D eigenvalue weighted by atomic mass is 35.5. The van der Waals surface area contributed by atoms with E-state index in [2.05, 4.69) is 4.98 Å². The summed E-state index contributed by atoms with van der Waals surface area (Å²) in [5.74, 6) is 1.29.